The van der Waals surface area contributed by atoms with Crippen LogP contribution in [-0.4, -0.2) is 23.5 Å². The molecule has 0 saturated carbocycles. The number of carbonyl (C=O) groups is 2. The van der Waals surface area contributed by atoms with Gasteiger partial charge in [0.25, 0.3) is 0 Å². The van der Waals surface area contributed by atoms with Crippen LogP contribution >= 0.6 is 0 Å². The number of esters is 1. The van der Waals surface area contributed by atoms with Gasteiger partial charge >= 0.3 is 25.4 Å². The maximum Gasteiger partial charge on any atom is 2.00 e. The van der Waals surface area contributed by atoms with Gasteiger partial charge < -0.3 is 28.2 Å². The smallest absolute Gasteiger partial charge is 0.460 e. The Kier molecular flexibility index (Phi) is 11.1. The first kappa shape index (κ1) is 21.7. The van der Waals surface area contributed by atoms with E-state index >= 15 is 0 Å². The molecule has 0 aromatic rings. The summed E-state index contributed by atoms with van der Waals surface area (Å²) in [7, 11) is 0. The topological polar surface area (TPSA) is 55.4 Å². The number of unbranched alkanes of at least 4 members (excludes halogenated alkanes) is 1. The molecule has 0 fully saturated rings. The van der Waals surface area contributed by atoms with Crippen LogP contribution < -0.4 is 5.32 Å². The molecule has 0 bridgehead atoms. The fourth-order valence-corrected chi connectivity index (χ4v) is 1.49. The van der Waals surface area contributed by atoms with Gasteiger partial charge in [0.15, 0.2) is 0 Å². The second kappa shape index (κ2) is 10.2. The Labute approximate surface area is 136 Å². The van der Waals surface area contributed by atoms with Gasteiger partial charge in [-0.05, 0) is 26.7 Å². The Bertz CT molecular complexity index is 298. The van der Waals surface area contributed by atoms with Gasteiger partial charge in [0, 0.05) is 6.04 Å². The molecule has 4 nitrogen and oxygen atoms in total. The molecular formula is C15H27NO3Zn. The van der Waals surface area contributed by atoms with Gasteiger partial charge in [-0.15, -0.1) is 0 Å². The molecule has 0 heterocycles. The van der Waals surface area contributed by atoms with E-state index in [1.54, 1.807) is 6.42 Å². The van der Waals surface area contributed by atoms with Crippen molar-refractivity contribution in [3.8, 4) is 0 Å². The van der Waals surface area contributed by atoms with E-state index in [-0.39, 0.29) is 49.7 Å². The predicted molar refractivity (Wildman–Crippen MR) is 76.1 cm³/mol. The number of ether oxygens (including phenoxy) is 1. The summed E-state index contributed by atoms with van der Waals surface area (Å²) in [4.78, 5) is 23.4. The molecule has 0 rings (SSSR count). The van der Waals surface area contributed by atoms with Crippen LogP contribution in [0.4, 0.5) is 0 Å². The van der Waals surface area contributed by atoms with Crippen molar-refractivity contribution in [1.82, 2.24) is 5.32 Å². The summed E-state index contributed by atoms with van der Waals surface area (Å²) in [5.74, 6) is -0.265. The average Bonchev–Trinajstić information content (AvgIpc) is 2.22. The van der Waals surface area contributed by atoms with E-state index in [0.717, 1.165) is 0 Å². The monoisotopic (exact) mass is 333 g/mol. The second-order valence-corrected chi connectivity index (χ2v) is 6.00. The van der Waals surface area contributed by atoms with Crippen LogP contribution in [-0.2, 0) is 33.8 Å². The Morgan fingerprint density at radius 2 is 1.85 bits per heavy atom. The maximum atomic E-state index is 11.8. The quantitative estimate of drug-likeness (QED) is 0.442. The molecule has 112 valence electrons. The molecular weight excluding hydrogens is 308 g/mol. The molecule has 0 aliphatic heterocycles. The van der Waals surface area contributed by atoms with E-state index in [4.69, 9.17) is 4.74 Å². The van der Waals surface area contributed by atoms with E-state index in [1.807, 2.05) is 34.6 Å². The zero-order chi connectivity index (χ0) is 15.1. The summed E-state index contributed by atoms with van der Waals surface area (Å²) < 4.78 is 5.27. The standard InChI is InChI=1S/C15H27NO3.Zn/c1-7-8-9-13(17)16-12(11(2)3)10-14(18)19-15(4,5)6;/h9,11-12H,1,7-8,10H2,2-6H3,(H,16,17);/q-2;+2/t12-;/m0./s1. The molecule has 0 spiro atoms. The minimum absolute atomic E-state index is 0. The SMILES string of the molecule is [CH2-]CC[CH-]C(=O)N[C@@H](CC(=O)OC(C)(C)C)C(C)C.[Zn+2]. The van der Waals surface area contributed by atoms with Crippen molar-refractivity contribution in [3.05, 3.63) is 13.3 Å². The number of nitrogens with one attached hydrogen (secondary N) is 1. The molecule has 0 radical (unpaired) electrons. The Hall–Kier alpha value is -0.567. The minimum atomic E-state index is -0.497. The third kappa shape index (κ3) is 11.3. The number of amides is 1. The van der Waals surface area contributed by atoms with Crippen molar-refractivity contribution in [2.24, 2.45) is 5.92 Å². The number of hydrogen-bond acceptors (Lipinski definition) is 3. The molecule has 1 amide bonds. The fourth-order valence-electron chi connectivity index (χ4n) is 1.49. The zero-order valence-corrected chi connectivity index (χ0v) is 16.5. The molecule has 1 N–H and O–H groups in total. The largest absolute Gasteiger partial charge is 2.00 e. The third-order valence-corrected chi connectivity index (χ3v) is 2.47. The maximum absolute atomic E-state index is 11.8. The van der Waals surface area contributed by atoms with Crippen LogP contribution in [0.2, 0.25) is 0 Å². The summed E-state index contributed by atoms with van der Waals surface area (Å²) in [6.07, 6.45) is 3.09. The first-order valence-electron chi connectivity index (χ1n) is 6.80. The van der Waals surface area contributed by atoms with E-state index in [0.29, 0.717) is 12.8 Å². The first-order chi connectivity index (χ1) is 8.65. The van der Waals surface area contributed by atoms with Crippen LogP contribution in [0.5, 0.6) is 0 Å². The molecule has 0 unspecified atom stereocenters. The van der Waals surface area contributed by atoms with Gasteiger partial charge in [0.05, 0.1) is 12.3 Å². The second-order valence-electron chi connectivity index (χ2n) is 6.00. The summed E-state index contributed by atoms with van der Waals surface area (Å²) in [6, 6.07) is -0.205. The molecule has 0 aliphatic carbocycles. The molecule has 20 heavy (non-hydrogen) atoms. The molecule has 5 heteroatoms. The normalized spacial score (nSPS) is 12.3. The van der Waals surface area contributed by atoms with Crippen LogP contribution in [0.25, 0.3) is 0 Å². The number of hydrogen-bond donors (Lipinski definition) is 1. The van der Waals surface area contributed by atoms with Crippen molar-refractivity contribution in [2.75, 3.05) is 0 Å². The van der Waals surface area contributed by atoms with Crippen LogP contribution in [0.3, 0.4) is 0 Å². The fraction of sp³-hybridized carbons (Fsp3) is 0.733. The van der Waals surface area contributed by atoms with Gasteiger partial charge in [-0.25, -0.2) is 6.42 Å². The molecule has 1 atom stereocenters. The van der Waals surface area contributed by atoms with Crippen molar-refractivity contribution < 1.29 is 33.8 Å². The third-order valence-electron chi connectivity index (χ3n) is 2.47. The van der Waals surface area contributed by atoms with Gasteiger partial charge in [0.2, 0.25) is 0 Å². The predicted octanol–water partition coefficient (Wildman–Crippen LogP) is 2.68. The summed E-state index contributed by atoms with van der Waals surface area (Å²) in [5.41, 5.74) is -0.497. The van der Waals surface area contributed by atoms with Gasteiger partial charge in [-0.3, -0.25) is 4.79 Å². The Morgan fingerprint density at radius 3 is 2.25 bits per heavy atom. The van der Waals surface area contributed by atoms with Crippen molar-refractivity contribution in [1.29, 1.82) is 0 Å². The van der Waals surface area contributed by atoms with E-state index < -0.39 is 5.60 Å². The van der Waals surface area contributed by atoms with Crippen molar-refractivity contribution >= 4 is 11.9 Å². The Balaban J connectivity index is 0. The van der Waals surface area contributed by atoms with Gasteiger partial charge in [-0.2, -0.15) is 6.42 Å². The van der Waals surface area contributed by atoms with E-state index in [9.17, 15) is 9.59 Å². The van der Waals surface area contributed by atoms with Gasteiger partial charge in [-0.1, -0.05) is 13.8 Å². The Morgan fingerprint density at radius 1 is 1.30 bits per heavy atom. The van der Waals surface area contributed by atoms with Crippen LogP contribution in [0.15, 0.2) is 0 Å². The first-order valence-corrected chi connectivity index (χ1v) is 6.80. The summed E-state index contributed by atoms with van der Waals surface area (Å²) >= 11 is 0. The van der Waals surface area contributed by atoms with Crippen LogP contribution in [0, 0.1) is 19.3 Å². The van der Waals surface area contributed by atoms with Crippen LogP contribution in [0.1, 0.15) is 53.9 Å². The molecule has 0 aromatic heterocycles. The number of rotatable bonds is 7. The van der Waals surface area contributed by atoms with E-state index in [2.05, 4.69) is 12.2 Å². The number of carbonyl (C=O) groups excluding carboxylic acids is 2. The average molecular weight is 335 g/mol. The molecule has 0 aromatic carbocycles. The van der Waals surface area contributed by atoms with Crippen molar-refractivity contribution in [2.45, 2.75) is 65.5 Å². The summed E-state index contributed by atoms with van der Waals surface area (Å²) in [5, 5.41) is 2.84. The minimum Gasteiger partial charge on any atom is -0.460 e. The zero-order valence-electron chi connectivity index (χ0n) is 13.5. The van der Waals surface area contributed by atoms with Crippen molar-refractivity contribution in [3.63, 3.8) is 0 Å². The molecule has 0 saturated heterocycles. The summed E-state index contributed by atoms with van der Waals surface area (Å²) in [6.45, 7) is 13.1. The van der Waals surface area contributed by atoms with Gasteiger partial charge in [0.1, 0.15) is 5.60 Å². The van der Waals surface area contributed by atoms with E-state index in [1.165, 1.54) is 0 Å². The molecule has 0 aliphatic rings.